The van der Waals surface area contributed by atoms with Crippen LogP contribution in [0.25, 0.3) is 0 Å². The van der Waals surface area contributed by atoms with Crippen molar-refractivity contribution in [1.82, 2.24) is 19.5 Å². The molecule has 0 radical (unpaired) electrons. The number of pyridine rings is 1. The smallest absolute Gasteiger partial charge is 0.244 e. The van der Waals surface area contributed by atoms with E-state index in [1.807, 2.05) is 7.05 Å². The van der Waals surface area contributed by atoms with Gasteiger partial charge in [-0.05, 0) is 32.0 Å². The average Bonchev–Trinajstić information content (AvgIpc) is 2.97. The van der Waals surface area contributed by atoms with Gasteiger partial charge in [-0.25, -0.2) is 8.42 Å². The highest BCUT2D eigenvalue weighted by Gasteiger charge is 2.31. The second-order valence-corrected chi connectivity index (χ2v) is 7.44. The van der Waals surface area contributed by atoms with Gasteiger partial charge >= 0.3 is 0 Å². The van der Waals surface area contributed by atoms with E-state index < -0.39 is 10.0 Å². The normalized spacial score (nSPS) is 17.3. The number of likely N-dealkylation sites (tertiary alicyclic amines) is 1. The van der Waals surface area contributed by atoms with Crippen molar-refractivity contribution in [3.05, 3.63) is 24.5 Å². The lowest BCUT2D eigenvalue weighted by molar-refractivity contribution is -0.131. The van der Waals surface area contributed by atoms with Gasteiger partial charge in [-0.3, -0.25) is 9.78 Å². The molecule has 0 spiro atoms. The zero-order chi connectivity index (χ0) is 16.2. The maximum atomic E-state index is 12.4. The molecular weight excluding hydrogens is 375 g/mol. The van der Waals surface area contributed by atoms with E-state index in [0.717, 1.165) is 23.7 Å². The van der Waals surface area contributed by atoms with Crippen molar-refractivity contribution in [1.29, 1.82) is 0 Å². The average molecular weight is 399 g/mol. The first-order valence-electron chi connectivity index (χ1n) is 7.27. The minimum atomic E-state index is -3.69. The Labute approximate surface area is 155 Å². The van der Waals surface area contributed by atoms with Crippen molar-refractivity contribution in [2.45, 2.75) is 23.8 Å². The van der Waals surface area contributed by atoms with Gasteiger partial charge in [-0.15, -0.1) is 24.8 Å². The highest BCUT2D eigenvalue weighted by Crippen LogP contribution is 2.18. The standard InChI is InChI=1S/C14H22N4O3S.2ClH/c1-15-9-12-5-4-8-18(12)14(19)11-17(2)22(20,21)13-6-3-7-16-10-13;;/h3,6-7,10,12,15H,4-5,8-9,11H2,1-2H3;2*1H. The molecule has 1 unspecified atom stereocenters. The van der Waals surface area contributed by atoms with Crippen LogP contribution in [0.15, 0.2) is 29.4 Å². The summed E-state index contributed by atoms with van der Waals surface area (Å²) in [5, 5.41) is 3.07. The van der Waals surface area contributed by atoms with Crippen LogP contribution in [0.3, 0.4) is 0 Å². The second-order valence-electron chi connectivity index (χ2n) is 5.39. The summed E-state index contributed by atoms with van der Waals surface area (Å²) in [4.78, 5) is 18.1. The predicted octanol–water partition coefficient (Wildman–Crippen LogP) is 0.756. The largest absolute Gasteiger partial charge is 0.337 e. The third kappa shape index (κ3) is 5.29. The van der Waals surface area contributed by atoms with Crippen LogP contribution < -0.4 is 5.32 Å². The summed E-state index contributed by atoms with van der Waals surface area (Å²) in [6.07, 6.45) is 4.70. The maximum absolute atomic E-state index is 12.4. The summed E-state index contributed by atoms with van der Waals surface area (Å²) in [5.74, 6) is -0.160. The van der Waals surface area contributed by atoms with E-state index >= 15 is 0 Å². The van der Waals surface area contributed by atoms with E-state index in [1.165, 1.54) is 25.5 Å². The Hall–Kier alpha value is -0.930. The fourth-order valence-corrected chi connectivity index (χ4v) is 3.74. The highest BCUT2D eigenvalue weighted by atomic mass is 35.5. The van der Waals surface area contributed by atoms with Crippen molar-refractivity contribution in [3.63, 3.8) is 0 Å². The van der Waals surface area contributed by atoms with Crippen LogP contribution in [-0.4, -0.2) is 68.3 Å². The molecule has 7 nitrogen and oxygen atoms in total. The molecule has 138 valence electrons. The first-order chi connectivity index (χ1) is 10.5. The Morgan fingerprint density at radius 2 is 2.17 bits per heavy atom. The van der Waals surface area contributed by atoms with E-state index in [0.29, 0.717) is 6.54 Å². The van der Waals surface area contributed by atoms with E-state index in [4.69, 9.17) is 0 Å². The number of aromatic nitrogens is 1. The topological polar surface area (TPSA) is 82.6 Å². The van der Waals surface area contributed by atoms with Crippen LogP contribution in [0, 0.1) is 0 Å². The number of likely N-dealkylation sites (N-methyl/N-ethyl adjacent to an activating group) is 2. The SMILES string of the molecule is CNCC1CCCN1C(=O)CN(C)S(=O)(=O)c1cccnc1.Cl.Cl. The Bertz CT molecular complexity index is 616. The summed E-state index contributed by atoms with van der Waals surface area (Å²) in [6.45, 7) is 1.26. The number of nitrogens with zero attached hydrogens (tertiary/aromatic N) is 3. The van der Waals surface area contributed by atoms with Gasteiger partial charge in [0.25, 0.3) is 0 Å². The molecule has 2 heterocycles. The van der Waals surface area contributed by atoms with Gasteiger partial charge < -0.3 is 10.2 Å². The van der Waals surface area contributed by atoms with Gasteiger partial charge in [0, 0.05) is 38.6 Å². The highest BCUT2D eigenvalue weighted by molar-refractivity contribution is 7.89. The quantitative estimate of drug-likeness (QED) is 0.764. The number of amides is 1. The number of rotatable bonds is 6. The zero-order valence-corrected chi connectivity index (χ0v) is 16.2. The van der Waals surface area contributed by atoms with E-state index in [1.54, 1.807) is 11.0 Å². The number of carbonyl (C=O) groups excluding carboxylic acids is 1. The molecule has 1 amide bonds. The van der Waals surface area contributed by atoms with Gasteiger partial charge in [0.2, 0.25) is 15.9 Å². The molecule has 0 bridgehead atoms. The van der Waals surface area contributed by atoms with Crippen LogP contribution in [0.1, 0.15) is 12.8 Å². The van der Waals surface area contributed by atoms with Crippen LogP contribution in [0.2, 0.25) is 0 Å². The van der Waals surface area contributed by atoms with Crippen molar-refractivity contribution >= 4 is 40.7 Å². The van der Waals surface area contributed by atoms with Crippen molar-refractivity contribution < 1.29 is 13.2 Å². The van der Waals surface area contributed by atoms with Crippen molar-refractivity contribution in [2.75, 3.05) is 33.7 Å². The molecule has 1 fully saturated rings. The molecule has 1 N–H and O–H groups in total. The van der Waals surface area contributed by atoms with E-state index in [2.05, 4.69) is 10.3 Å². The first-order valence-corrected chi connectivity index (χ1v) is 8.71. The van der Waals surface area contributed by atoms with Gasteiger partial charge in [0.1, 0.15) is 4.90 Å². The summed E-state index contributed by atoms with van der Waals surface area (Å²) in [6, 6.07) is 3.18. The molecule has 2 rings (SSSR count). The van der Waals surface area contributed by atoms with Crippen LogP contribution >= 0.6 is 24.8 Å². The number of sulfonamides is 1. The molecule has 0 aliphatic carbocycles. The lowest BCUT2D eigenvalue weighted by Gasteiger charge is -2.26. The molecule has 1 aliphatic rings. The minimum absolute atomic E-state index is 0. The summed E-state index contributed by atoms with van der Waals surface area (Å²) in [5.41, 5.74) is 0. The Morgan fingerprint density at radius 3 is 2.75 bits per heavy atom. The maximum Gasteiger partial charge on any atom is 0.244 e. The molecule has 1 aliphatic heterocycles. The molecule has 0 aromatic carbocycles. The Morgan fingerprint density at radius 1 is 1.46 bits per heavy atom. The van der Waals surface area contributed by atoms with Crippen LogP contribution in [-0.2, 0) is 14.8 Å². The Balaban J connectivity index is 0.00000264. The molecule has 10 heteroatoms. The van der Waals surface area contributed by atoms with E-state index in [-0.39, 0.29) is 48.2 Å². The van der Waals surface area contributed by atoms with Gasteiger partial charge in [-0.2, -0.15) is 4.31 Å². The lowest BCUT2D eigenvalue weighted by Crippen LogP contribution is -2.46. The number of halogens is 2. The molecule has 1 aromatic rings. The lowest BCUT2D eigenvalue weighted by atomic mass is 10.2. The fourth-order valence-electron chi connectivity index (χ4n) is 2.66. The first kappa shape index (κ1) is 23.1. The summed E-state index contributed by atoms with van der Waals surface area (Å²) >= 11 is 0. The number of hydrogen-bond acceptors (Lipinski definition) is 5. The van der Waals surface area contributed by atoms with E-state index in [9.17, 15) is 13.2 Å². The number of hydrogen-bond donors (Lipinski definition) is 1. The zero-order valence-electron chi connectivity index (χ0n) is 13.7. The summed E-state index contributed by atoms with van der Waals surface area (Å²) < 4.78 is 25.9. The fraction of sp³-hybridized carbons (Fsp3) is 0.571. The van der Waals surface area contributed by atoms with Crippen LogP contribution in [0.4, 0.5) is 0 Å². The third-order valence-electron chi connectivity index (χ3n) is 3.84. The molecular formula is C14H24Cl2N4O3S. The number of carbonyl (C=O) groups is 1. The second kappa shape index (κ2) is 10.1. The molecule has 24 heavy (non-hydrogen) atoms. The van der Waals surface area contributed by atoms with Gasteiger partial charge in [0.05, 0.1) is 6.54 Å². The van der Waals surface area contributed by atoms with Gasteiger partial charge in [0.15, 0.2) is 0 Å². The van der Waals surface area contributed by atoms with Crippen molar-refractivity contribution in [2.24, 2.45) is 0 Å². The third-order valence-corrected chi connectivity index (χ3v) is 5.62. The molecule has 1 aromatic heterocycles. The Kier molecular flexibility index (Phi) is 9.76. The molecule has 1 atom stereocenters. The predicted molar refractivity (Wildman–Crippen MR) is 97.2 cm³/mol. The van der Waals surface area contributed by atoms with Crippen molar-refractivity contribution in [3.8, 4) is 0 Å². The summed E-state index contributed by atoms with van der Waals surface area (Å²) in [7, 11) is -0.418. The monoisotopic (exact) mass is 398 g/mol. The van der Waals surface area contributed by atoms with Gasteiger partial charge in [-0.1, -0.05) is 0 Å². The van der Waals surface area contributed by atoms with Crippen LogP contribution in [0.5, 0.6) is 0 Å². The number of nitrogens with one attached hydrogen (secondary N) is 1. The minimum Gasteiger partial charge on any atom is -0.337 e. The molecule has 1 saturated heterocycles. The molecule has 0 saturated carbocycles.